The molecular formula is C10H12BrN5O. The van der Waals surface area contributed by atoms with Gasteiger partial charge in [0, 0.05) is 6.20 Å². The number of hydrogen-bond acceptors (Lipinski definition) is 5. The van der Waals surface area contributed by atoms with E-state index in [-0.39, 0.29) is 12.1 Å². The summed E-state index contributed by atoms with van der Waals surface area (Å²) in [5, 5.41) is 4.04. The van der Waals surface area contributed by atoms with Gasteiger partial charge in [-0.1, -0.05) is 0 Å². The second-order valence-electron chi connectivity index (χ2n) is 3.64. The Morgan fingerprint density at radius 2 is 2.24 bits per heavy atom. The number of nitrogens with zero attached hydrogens (tertiary/aromatic N) is 4. The van der Waals surface area contributed by atoms with E-state index in [9.17, 15) is 0 Å². The van der Waals surface area contributed by atoms with Crippen LogP contribution in [0.3, 0.4) is 0 Å². The van der Waals surface area contributed by atoms with Crippen LogP contribution in [0.25, 0.3) is 5.82 Å². The van der Waals surface area contributed by atoms with E-state index >= 15 is 0 Å². The molecule has 2 heterocycles. The highest BCUT2D eigenvalue weighted by atomic mass is 79.9. The monoisotopic (exact) mass is 297 g/mol. The molecule has 0 aliphatic rings. The first kappa shape index (κ1) is 11.8. The number of nitrogens with two attached hydrogens (primary N) is 1. The van der Waals surface area contributed by atoms with Crippen molar-refractivity contribution in [2.45, 2.75) is 20.0 Å². The number of anilines is 1. The number of pyridine rings is 1. The normalized spacial score (nSPS) is 10.8. The minimum absolute atomic E-state index is 0.0533. The zero-order valence-electron chi connectivity index (χ0n) is 9.46. The van der Waals surface area contributed by atoms with Crippen molar-refractivity contribution in [3.63, 3.8) is 0 Å². The lowest BCUT2D eigenvalue weighted by Crippen LogP contribution is -2.10. The molecule has 2 rings (SSSR count). The molecule has 7 heteroatoms. The van der Waals surface area contributed by atoms with E-state index in [1.165, 1.54) is 4.68 Å². The van der Waals surface area contributed by atoms with Gasteiger partial charge in [-0.2, -0.15) is 9.67 Å². The third-order valence-corrected chi connectivity index (χ3v) is 2.41. The molecule has 0 spiro atoms. The Morgan fingerprint density at radius 1 is 1.47 bits per heavy atom. The molecule has 2 aromatic rings. The molecule has 0 saturated carbocycles. The van der Waals surface area contributed by atoms with Crippen LogP contribution in [0.4, 0.5) is 5.95 Å². The predicted octanol–water partition coefficient (Wildman–Crippen LogP) is 1.79. The minimum atomic E-state index is 0.0533. The molecule has 2 N–H and O–H groups in total. The Labute approximate surface area is 107 Å². The lowest BCUT2D eigenvalue weighted by molar-refractivity contribution is 0.240. The number of halogens is 1. The van der Waals surface area contributed by atoms with Crippen molar-refractivity contribution >= 4 is 21.9 Å². The maximum atomic E-state index is 5.65. The number of rotatable bonds is 3. The first-order valence-electron chi connectivity index (χ1n) is 5.08. The summed E-state index contributed by atoms with van der Waals surface area (Å²) in [6.07, 6.45) is 1.71. The third-order valence-electron chi connectivity index (χ3n) is 1.90. The topological polar surface area (TPSA) is 78.8 Å². The summed E-state index contributed by atoms with van der Waals surface area (Å²) in [6, 6.07) is 3.63. The molecule has 0 fully saturated rings. The van der Waals surface area contributed by atoms with E-state index < -0.39 is 0 Å². The van der Waals surface area contributed by atoms with Gasteiger partial charge in [-0.25, -0.2) is 4.98 Å². The second-order valence-corrected chi connectivity index (χ2v) is 4.35. The minimum Gasteiger partial charge on any atom is -0.487 e. The van der Waals surface area contributed by atoms with E-state index in [0.29, 0.717) is 16.3 Å². The Morgan fingerprint density at radius 3 is 2.82 bits per heavy atom. The third kappa shape index (κ3) is 2.55. The van der Waals surface area contributed by atoms with Crippen molar-refractivity contribution in [2.24, 2.45) is 0 Å². The predicted molar refractivity (Wildman–Crippen MR) is 67.0 cm³/mol. The van der Waals surface area contributed by atoms with E-state index in [2.05, 4.69) is 31.0 Å². The van der Waals surface area contributed by atoms with Crippen molar-refractivity contribution < 1.29 is 4.74 Å². The van der Waals surface area contributed by atoms with E-state index in [1.807, 2.05) is 19.9 Å². The summed E-state index contributed by atoms with van der Waals surface area (Å²) in [5.74, 6) is 1.36. The van der Waals surface area contributed by atoms with Crippen LogP contribution in [0.5, 0.6) is 5.75 Å². The van der Waals surface area contributed by atoms with Crippen LogP contribution < -0.4 is 10.5 Å². The fourth-order valence-corrected chi connectivity index (χ4v) is 1.76. The van der Waals surface area contributed by atoms with Gasteiger partial charge in [-0.05, 0) is 41.9 Å². The van der Waals surface area contributed by atoms with Crippen LogP contribution in [0.2, 0.25) is 0 Å². The zero-order valence-corrected chi connectivity index (χ0v) is 11.0. The highest BCUT2D eigenvalue weighted by Crippen LogP contribution is 2.23. The van der Waals surface area contributed by atoms with E-state index in [0.717, 1.165) is 0 Å². The Bertz CT molecular complexity index is 525. The van der Waals surface area contributed by atoms with Gasteiger partial charge >= 0.3 is 0 Å². The van der Waals surface area contributed by atoms with Crippen molar-refractivity contribution in [3.8, 4) is 11.6 Å². The van der Waals surface area contributed by atoms with E-state index in [4.69, 9.17) is 10.5 Å². The van der Waals surface area contributed by atoms with Crippen LogP contribution in [0, 0.1) is 0 Å². The number of aromatic nitrogens is 4. The van der Waals surface area contributed by atoms with Crippen molar-refractivity contribution in [1.29, 1.82) is 0 Å². The molecule has 0 unspecified atom stereocenters. The van der Waals surface area contributed by atoms with Gasteiger partial charge < -0.3 is 10.5 Å². The smallest absolute Gasteiger partial charge is 0.241 e. The van der Waals surface area contributed by atoms with Crippen molar-refractivity contribution in [1.82, 2.24) is 19.7 Å². The number of ether oxygens (including phenoxy) is 1. The second kappa shape index (κ2) is 4.70. The van der Waals surface area contributed by atoms with Gasteiger partial charge in [-0.15, -0.1) is 5.10 Å². The summed E-state index contributed by atoms with van der Waals surface area (Å²) in [5.41, 5.74) is 5.53. The SMILES string of the molecule is CC(C)Oc1cccnc1-n1nc(N)nc1Br. The average Bonchev–Trinajstić information content (AvgIpc) is 2.58. The molecule has 0 aliphatic carbocycles. The summed E-state index contributed by atoms with van der Waals surface area (Å²) < 4.78 is 7.63. The van der Waals surface area contributed by atoms with E-state index in [1.54, 1.807) is 12.3 Å². The lowest BCUT2D eigenvalue weighted by atomic mass is 10.4. The van der Waals surface area contributed by atoms with Crippen LogP contribution >= 0.6 is 15.9 Å². The van der Waals surface area contributed by atoms with Gasteiger partial charge in [0.1, 0.15) is 0 Å². The number of hydrogen-bond donors (Lipinski definition) is 1. The molecule has 2 aromatic heterocycles. The summed E-state index contributed by atoms with van der Waals surface area (Å²) in [4.78, 5) is 8.18. The maximum absolute atomic E-state index is 5.65. The Balaban J connectivity index is 2.48. The quantitative estimate of drug-likeness (QED) is 0.934. The molecule has 0 bridgehead atoms. The van der Waals surface area contributed by atoms with Gasteiger partial charge in [0.25, 0.3) is 0 Å². The largest absolute Gasteiger partial charge is 0.487 e. The van der Waals surface area contributed by atoms with Crippen molar-refractivity contribution in [3.05, 3.63) is 23.1 Å². The van der Waals surface area contributed by atoms with Gasteiger partial charge in [0.05, 0.1) is 6.10 Å². The molecule has 6 nitrogen and oxygen atoms in total. The molecule has 0 aromatic carbocycles. The van der Waals surface area contributed by atoms with Crippen LogP contribution in [0.1, 0.15) is 13.8 Å². The van der Waals surface area contributed by atoms with Gasteiger partial charge in [-0.3, -0.25) is 0 Å². The molecule has 90 valence electrons. The molecular weight excluding hydrogens is 286 g/mol. The van der Waals surface area contributed by atoms with Gasteiger partial charge in [0.2, 0.25) is 10.7 Å². The average molecular weight is 298 g/mol. The Kier molecular flexibility index (Phi) is 3.28. The van der Waals surface area contributed by atoms with Crippen LogP contribution in [0.15, 0.2) is 23.1 Å². The lowest BCUT2D eigenvalue weighted by Gasteiger charge is -2.12. The first-order chi connectivity index (χ1) is 8.08. The summed E-state index contributed by atoms with van der Waals surface area (Å²) in [6.45, 7) is 3.89. The molecule has 0 atom stereocenters. The fraction of sp³-hybridized carbons (Fsp3) is 0.300. The highest BCUT2D eigenvalue weighted by Gasteiger charge is 2.14. The number of nitrogen functional groups attached to an aromatic ring is 1. The Hall–Kier alpha value is -1.63. The van der Waals surface area contributed by atoms with Crippen LogP contribution in [-0.2, 0) is 0 Å². The summed E-state index contributed by atoms with van der Waals surface area (Å²) >= 11 is 3.27. The van der Waals surface area contributed by atoms with Crippen molar-refractivity contribution in [2.75, 3.05) is 5.73 Å². The molecule has 0 radical (unpaired) electrons. The molecule has 0 aliphatic heterocycles. The zero-order chi connectivity index (χ0) is 12.4. The molecule has 0 amide bonds. The maximum Gasteiger partial charge on any atom is 0.241 e. The van der Waals surface area contributed by atoms with Gasteiger partial charge in [0.15, 0.2) is 11.6 Å². The molecule has 0 saturated heterocycles. The molecule has 17 heavy (non-hydrogen) atoms. The standard InChI is InChI=1S/C10H12BrN5O/c1-6(2)17-7-4-3-5-13-8(7)16-9(11)14-10(12)15-16/h3-6H,1-2H3,(H2,12,15). The first-order valence-corrected chi connectivity index (χ1v) is 5.87. The fourth-order valence-electron chi connectivity index (χ4n) is 1.33. The summed E-state index contributed by atoms with van der Waals surface area (Å²) in [7, 11) is 0. The van der Waals surface area contributed by atoms with Crippen LogP contribution in [-0.4, -0.2) is 25.9 Å². The highest BCUT2D eigenvalue weighted by molar-refractivity contribution is 9.10.